The van der Waals surface area contributed by atoms with Gasteiger partial charge in [-0.25, -0.2) is 0 Å². The van der Waals surface area contributed by atoms with Gasteiger partial charge in [-0.3, -0.25) is 4.79 Å². The summed E-state index contributed by atoms with van der Waals surface area (Å²) >= 11 is 0. The number of carboxylic acids is 3. The van der Waals surface area contributed by atoms with Gasteiger partial charge in [0.05, 0.1) is 5.92 Å². The Morgan fingerprint density at radius 3 is 0.872 bits per heavy atom. The molecule has 8 heteroatoms. The summed E-state index contributed by atoms with van der Waals surface area (Å²) in [6.45, 7) is 18.0. The van der Waals surface area contributed by atoms with Crippen molar-refractivity contribution in [2.45, 2.75) is 99.3 Å². The fourth-order valence-electron chi connectivity index (χ4n) is 4.66. The maximum Gasteiger partial charge on any atom is 1.00 e. The van der Waals surface area contributed by atoms with E-state index in [2.05, 4.69) is 41.5 Å². The van der Waals surface area contributed by atoms with Crippen LogP contribution in [0.25, 0.3) is 0 Å². The van der Waals surface area contributed by atoms with Gasteiger partial charge < -0.3 is 24.9 Å². The van der Waals surface area contributed by atoms with E-state index in [0.29, 0.717) is 17.8 Å². The van der Waals surface area contributed by atoms with Gasteiger partial charge in [0.2, 0.25) is 0 Å². The molecular formula is C39H52CuNaO6. The van der Waals surface area contributed by atoms with Crippen LogP contribution in [0, 0.1) is 17.8 Å². The van der Waals surface area contributed by atoms with E-state index in [9.17, 15) is 24.6 Å². The monoisotopic (exact) mass is 702 g/mol. The second kappa shape index (κ2) is 23.8. The first kappa shape index (κ1) is 46.7. The minimum atomic E-state index is -1.02. The number of benzene rings is 3. The minimum absolute atomic E-state index is 0. The first-order chi connectivity index (χ1) is 21.0. The number of hydrogen-bond donors (Lipinski definition) is 1. The van der Waals surface area contributed by atoms with Crippen molar-refractivity contribution in [3.05, 3.63) is 106 Å². The molecule has 1 N–H and O–H groups in total. The molecule has 0 aliphatic carbocycles. The van der Waals surface area contributed by atoms with Gasteiger partial charge >= 0.3 is 52.6 Å². The SMILES string of the molecule is CC(C)Cc1ccc(C(C)C(=O)O)cc1.CC(C)Cc1ccc(C(C)C(=O)[O-])cc1.CC(C)Cc1ccc(C(C)C(=O)[O-])cc1.[Cu+].[Na+]. The Hall–Kier alpha value is -2.41. The Kier molecular flexibility index (Phi) is 23.7. The summed E-state index contributed by atoms with van der Waals surface area (Å²) < 4.78 is 0. The molecule has 0 heterocycles. The molecule has 0 aliphatic rings. The number of carbonyl (C=O) groups excluding carboxylic acids is 2. The molecule has 47 heavy (non-hydrogen) atoms. The van der Waals surface area contributed by atoms with Gasteiger partial charge in [0.1, 0.15) is 0 Å². The van der Waals surface area contributed by atoms with E-state index >= 15 is 0 Å². The number of rotatable bonds is 12. The fraction of sp³-hybridized carbons (Fsp3) is 0.462. The summed E-state index contributed by atoms with van der Waals surface area (Å²) in [5, 5.41) is 30.2. The van der Waals surface area contributed by atoms with Crippen molar-refractivity contribution < 1.29 is 76.3 Å². The van der Waals surface area contributed by atoms with Crippen molar-refractivity contribution in [2.75, 3.05) is 0 Å². The zero-order chi connectivity index (χ0) is 34.3. The number of carboxylic acid groups (broad SMARTS) is 3. The van der Waals surface area contributed by atoms with Crippen LogP contribution in [0.15, 0.2) is 72.8 Å². The number of aliphatic carboxylic acids is 3. The Labute approximate surface area is 315 Å². The molecule has 0 radical (unpaired) electrons. The average Bonchev–Trinajstić information content (AvgIpc) is 2.97. The molecule has 0 spiro atoms. The summed E-state index contributed by atoms with van der Waals surface area (Å²) in [6, 6.07) is 23.3. The maximum absolute atomic E-state index is 10.8. The molecule has 0 saturated carbocycles. The van der Waals surface area contributed by atoms with E-state index in [1.165, 1.54) is 16.7 Å². The van der Waals surface area contributed by atoms with Crippen LogP contribution < -0.4 is 39.8 Å². The molecule has 0 saturated heterocycles. The van der Waals surface area contributed by atoms with Crippen LogP contribution in [-0.4, -0.2) is 23.0 Å². The van der Waals surface area contributed by atoms with Gasteiger partial charge in [-0.2, -0.15) is 0 Å². The predicted molar refractivity (Wildman–Crippen MR) is 178 cm³/mol. The topological polar surface area (TPSA) is 118 Å². The van der Waals surface area contributed by atoms with Gasteiger partial charge in [0.15, 0.2) is 0 Å². The largest absolute Gasteiger partial charge is 1.00 e. The van der Waals surface area contributed by atoms with Gasteiger partial charge in [-0.05, 0) is 77.3 Å². The molecular weight excluding hydrogens is 651 g/mol. The first-order valence-electron chi connectivity index (χ1n) is 15.9. The third-order valence-corrected chi connectivity index (χ3v) is 7.45. The van der Waals surface area contributed by atoms with Gasteiger partial charge in [0, 0.05) is 23.8 Å². The first-order valence-corrected chi connectivity index (χ1v) is 15.9. The van der Waals surface area contributed by atoms with Crippen LogP contribution in [-0.2, 0) is 50.7 Å². The van der Waals surface area contributed by atoms with Gasteiger partial charge in [-0.1, -0.05) is 128 Å². The zero-order valence-corrected chi connectivity index (χ0v) is 32.7. The summed E-state index contributed by atoms with van der Waals surface area (Å²) in [6.07, 6.45) is 3.10. The van der Waals surface area contributed by atoms with E-state index in [0.717, 1.165) is 36.0 Å². The standard InChI is InChI=1S/3C13H18O2.Cu.Na/c3*1-9(2)8-11-4-6-12(7-5-11)10(3)13(14)15;;/h3*4-7,9-10H,8H2,1-3H3,(H,14,15);;/q;;;2*+1/p-2. The van der Waals surface area contributed by atoms with Gasteiger partial charge in [-0.15, -0.1) is 0 Å². The molecule has 0 fully saturated rings. The molecule has 3 atom stereocenters. The molecule has 256 valence electrons. The Bertz CT molecular complexity index is 1150. The average molecular weight is 703 g/mol. The van der Waals surface area contributed by atoms with Crippen molar-refractivity contribution in [3.8, 4) is 0 Å². The van der Waals surface area contributed by atoms with Crippen molar-refractivity contribution in [3.63, 3.8) is 0 Å². The molecule has 0 bridgehead atoms. The van der Waals surface area contributed by atoms with Crippen LogP contribution in [0.4, 0.5) is 0 Å². The summed E-state index contributed by atoms with van der Waals surface area (Å²) in [7, 11) is 0. The van der Waals surface area contributed by atoms with E-state index in [-0.39, 0.29) is 46.6 Å². The van der Waals surface area contributed by atoms with Crippen LogP contribution >= 0.6 is 0 Å². The van der Waals surface area contributed by atoms with Crippen LogP contribution in [0.2, 0.25) is 0 Å². The predicted octanol–water partition coefficient (Wildman–Crippen LogP) is 3.55. The van der Waals surface area contributed by atoms with E-state index < -0.39 is 35.7 Å². The second-order valence-corrected chi connectivity index (χ2v) is 13.2. The number of hydrogen-bond acceptors (Lipinski definition) is 5. The summed E-state index contributed by atoms with van der Waals surface area (Å²) in [4.78, 5) is 32.1. The van der Waals surface area contributed by atoms with Crippen LogP contribution in [0.1, 0.15) is 113 Å². The van der Waals surface area contributed by atoms with Crippen molar-refractivity contribution in [2.24, 2.45) is 17.8 Å². The Morgan fingerprint density at radius 2 is 0.702 bits per heavy atom. The molecule has 6 nitrogen and oxygen atoms in total. The summed E-state index contributed by atoms with van der Waals surface area (Å²) in [5.41, 5.74) is 6.25. The normalized spacial score (nSPS) is 12.3. The second-order valence-electron chi connectivity index (χ2n) is 13.2. The Balaban J connectivity index is 0. The third-order valence-electron chi connectivity index (χ3n) is 7.45. The fourth-order valence-corrected chi connectivity index (χ4v) is 4.66. The molecule has 0 amide bonds. The molecule has 3 unspecified atom stereocenters. The van der Waals surface area contributed by atoms with Gasteiger partial charge in [0.25, 0.3) is 0 Å². The van der Waals surface area contributed by atoms with Crippen molar-refractivity contribution in [1.29, 1.82) is 0 Å². The van der Waals surface area contributed by atoms with Crippen LogP contribution in [0.3, 0.4) is 0 Å². The third kappa shape index (κ3) is 18.6. The maximum atomic E-state index is 10.8. The molecule has 0 aromatic heterocycles. The zero-order valence-electron chi connectivity index (χ0n) is 29.8. The quantitative estimate of drug-likeness (QED) is 0.289. The molecule has 3 rings (SSSR count). The van der Waals surface area contributed by atoms with Crippen molar-refractivity contribution in [1.82, 2.24) is 0 Å². The number of carbonyl (C=O) groups is 3. The van der Waals surface area contributed by atoms with E-state index in [1.54, 1.807) is 20.8 Å². The Morgan fingerprint density at radius 1 is 0.489 bits per heavy atom. The smallest absolute Gasteiger partial charge is 0.550 e. The molecule has 3 aromatic carbocycles. The molecule has 3 aromatic rings. The van der Waals surface area contributed by atoms with E-state index in [4.69, 9.17) is 5.11 Å². The molecule has 0 aliphatic heterocycles. The minimum Gasteiger partial charge on any atom is -0.550 e. The van der Waals surface area contributed by atoms with Crippen molar-refractivity contribution >= 4 is 17.9 Å². The van der Waals surface area contributed by atoms with E-state index in [1.807, 2.05) is 72.8 Å². The summed E-state index contributed by atoms with van der Waals surface area (Å²) in [5.74, 6) is -2.42. The van der Waals surface area contributed by atoms with Crippen LogP contribution in [0.5, 0.6) is 0 Å².